The number of ether oxygens (including phenoxy) is 1. The van der Waals surface area contributed by atoms with Crippen molar-refractivity contribution in [3.8, 4) is 5.75 Å². The van der Waals surface area contributed by atoms with Gasteiger partial charge in [-0.1, -0.05) is 38.1 Å². The third-order valence-corrected chi connectivity index (χ3v) is 6.29. The number of anilines is 2. The van der Waals surface area contributed by atoms with Crippen LogP contribution in [0.3, 0.4) is 0 Å². The summed E-state index contributed by atoms with van der Waals surface area (Å²) in [6.45, 7) is 5.21. The molecule has 2 aromatic rings. The van der Waals surface area contributed by atoms with Crippen LogP contribution in [0.1, 0.15) is 25.8 Å². The molecule has 0 saturated carbocycles. The predicted molar refractivity (Wildman–Crippen MR) is 117 cm³/mol. The quantitative estimate of drug-likeness (QED) is 0.697. The standard InChI is InChI=1S/C22H26N2O4S/c1-17(2)16-28-21-7-4-3-6-20(21)23-22(25)13-10-18-8-11-19(12-9-18)24-14-5-15-29(24,26)27/h3-4,6-13,17H,5,14-16H2,1-2H3,(H,23,25). The van der Waals surface area contributed by atoms with Gasteiger partial charge in [0.25, 0.3) is 0 Å². The molecule has 2 aromatic carbocycles. The Morgan fingerprint density at radius 2 is 1.90 bits per heavy atom. The molecule has 1 aliphatic rings. The van der Waals surface area contributed by atoms with Crippen molar-refractivity contribution in [1.29, 1.82) is 0 Å². The number of carbonyl (C=O) groups excluding carboxylic acids is 1. The summed E-state index contributed by atoms with van der Waals surface area (Å²) in [7, 11) is -3.19. The van der Waals surface area contributed by atoms with Crippen molar-refractivity contribution >= 4 is 33.4 Å². The van der Waals surface area contributed by atoms with Crippen molar-refractivity contribution in [3.63, 3.8) is 0 Å². The zero-order valence-corrected chi connectivity index (χ0v) is 17.5. The number of nitrogens with one attached hydrogen (secondary N) is 1. The molecule has 1 heterocycles. The minimum atomic E-state index is -3.19. The fourth-order valence-electron chi connectivity index (χ4n) is 2.98. The Hall–Kier alpha value is -2.80. The lowest BCUT2D eigenvalue weighted by molar-refractivity contribution is -0.111. The Kier molecular flexibility index (Phi) is 6.59. The predicted octanol–water partition coefficient (Wildman–Crippen LogP) is 3.91. The van der Waals surface area contributed by atoms with Gasteiger partial charge in [0, 0.05) is 12.6 Å². The third-order valence-electron chi connectivity index (χ3n) is 4.42. The Labute approximate surface area is 172 Å². The highest BCUT2D eigenvalue weighted by Crippen LogP contribution is 2.25. The second-order valence-corrected chi connectivity index (χ2v) is 9.37. The molecule has 29 heavy (non-hydrogen) atoms. The molecule has 1 aliphatic heterocycles. The van der Waals surface area contributed by atoms with Crippen LogP contribution in [0.25, 0.3) is 6.08 Å². The topological polar surface area (TPSA) is 75.7 Å². The van der Waals surface area contributed by atoms with Gasteiger partial charge < -0.3 is 10.1 Å². The van der Waals surface area contributed by atoms with Crippen LogP contribution in [0.15, 0.2) is 54.6 Å². The van der Waals surface area contributed by atoms with E-state index in [0.29, 0.717) is 42.6 Å². The summed E-state index contributed by atoms with van der Waals surface area (Å²) in [6, 6.07) is 14.4. The fraction of sp³-hybridized carbons (Fsp3) is 0.318. The summed E-state index contributed by atoms with van der Waals surface area (Å²) in [5.74, 6) is 0.949. The van der Waals surface area contributed by atoms with Gasteiger partial charge in [-0.2, -0.15) is 0 Å². The molecule has 6 nitrogen and oxygen atoms in total. The first-order chi connectivity index (χ1) is 13.8. The molecule has 0 aromatic heterocycles. The van der Waals surface area contributed by atoms with E-state index in [-0.39, 0.29) is 11.7 Å². The van der Waals surface area contributed by atoms with Crippen molar-refractivity contribution in [2.45, 2.75) is 20.3 Å². The molecular formula is C22H26N2O4S. The van der Waals surface area contributed by atoms with Gasteiger partial charge in [-0.3, -0.25) is 9.10 Å². The van der Waals surface area contributed by atoms with E-state index in [1.165, 1.54) is 10.4 Å². The molecule has 1 N–H and O–H groups in total. The Balaban J connectivity index is 1.63. The molecule has 0 bridgehead atoms. The van der Waals surface area contributed by atoms with Crippen molar-refractivity contribution in [2.24, 2.45) is 5.92 Å². The molecule has 0 radical (unpaired) electrons. The molecule has 1 fully saturated rings. The number of carbonyl (C=O) groups is 1. The number of benzene rings is 2. The summed E-state index contributed by atoms with van der Waals surface area (Å²) in [5, 5.41) is 2.83. The van der Waals surface area contributed by atoms with E-state index < -0.39 is 10.0 Å². The number of amides is 1. The van der Waals surface area contributed by atoms with Gasteiger partial charge >= 0.3 is 0 Å². The zero-order chi connectivity index (χ0) is 20.9. The van der Waals surface area contributed by atoms with Crippen LogP contribution in [0.5, 0.6) is 5.75 Å². The average Bonchev–Trinajstić information content (AvgIpc) is 3.05. The number of nitrogens with zero attached hydrogens (tertiary/aromatic N) is 1. The van der Waals surface area contributed by atoms with E-state index in [1.54, 1.807) is 36.4 Å². The first-order valence-electron chi connectivity index (χ1n) is 9.66. The monoisotopic (exact) mass is 414 g/mol. The molecule has 0 atom stereocenters. The van der Waals surface area contributed by atoms with Gasteiger partial charge in [0.2, 0.25) is 15.9 Å². The van der Waals surface area contributed by atoms with Crippen molar-refractivity contribution < 1.29 is 17.9 Å². The number of hydrogen-bond donors (Lipinski definition) is 1. The number of para-hydroxylation sites is 2. The lowest BCUT2D eigenvalue weighted by Gasteiger charge is -2.16. The van der Waals surface area contributed by atoms with Crippen LogP contribution in [-0.2, 0) is 14.8 Å². The van der Waals surface area contributed by atoms with Gasteiger partial charge in [-0.25, -0.2) is 8.42 Å². The number of hydrogen-bond acceptors (Lipinski definition) is 4. The van der Waals surface area contributed by atoms with Gasteiger partial charge in [0.1, 0.15) is 5.75 Å². The van der Waals surface area contributed by atoms with Crippen LogP contribution in [0, 0.1) is 5.92 Å². The molecule has 0 aliphatic carbocycles. The highest BCUT2D eigenvalue weighted by atomic mass is 32.2. The maximum Gasteiger partial charge on any atom is 0.248 e. The van der Waals surface area contributed by atoms with Crippen LogP contribution in [0.2, 0.25) is 0 Å². The molecule has 1 saturated heterocycles. The summed E-state index contributed by atoms with van der Waals surface area (Å²) in [4.78, 5) is 12.3. The van der Waals surface area contributed by atoms with Gasteiger partial charge in [-0.15, -0.1) is 0 Å². The summed E-state index contributed by atoms with van der Waals surface area (Å²) in [6.07, 6.45) is 3.78. The highest BCUT2D eigenvalue weighted by Gasteiger charge is 2.28. The molecular weight excluding hydrogens is 388 g/mol. The largest absolute Gasteiger partial charge is 0.491 e. The number of sulfonamides is 1. The van der Waals surface area contributed by atoms with E-state index in [4.69, 9.17) is 4.74 Å². The average molecular weight is 415 g/mol. The van der Waals surface area contributed by atoms with E-state index in [9.17, 15) is 13.2 Å². The van der Waals surface area contributed by atoms with E-state index in [1.807, 2.05) is 18.2 Å². The molecule has 0 unspecified atom stereocenters. The van der Waals surface area contributed by atoms with Crippen LogP contribution in [-0.4, -0.2) is 33.2 Å². The van der Waals surface area contributed by atoms with Crippen molar-refractivity contribution in [1.82, 2.24) is 0 Å². The Morgan fingerprint density at radius 1 is 1.17 bits per heavy atom. The molecule has 3 rings (SSSR count). The molecule has 154 valence electrons. The minimum Gasteiger partial charge on any atom is -0.491 e. The molecule has 1 amide bonds. The van der Waals surface area contributed by atoms with Crippen LogP contribution < -0.4 is 14.4 Å². The first kappa shape index (κ1) is 20.9. The van der Waals surface area contributed by atoms with Gasteiger partial charge in [0.05, 0.1) is 23.7 Å². The van der Waals surface area contributed by atoms with Gasteiger partial charge in [0.15, 0.2) is 0 Å². The van der Waals surface area contributed by atoms with Crippen molar-refractivity contribution in [2.75, 3.05) is 28.5 Å². The third kappa shape index (κ3) is 5.60. The molecule has 7 heteroatoms. The lowest BCUT2D eigenvalue weighted by Crippen LogP contribution is -2.24. The maximum absolute atomic E-state index is 12.3. The van der Waals surface area contributed by atoms with Crippen molar-refractivity contribution in [3.05, 3.63) is 60.2 Å². The zero-order valence-electron chi connectivity index (χ0n) is 16.7. The van der Waals surface area contributed by atoms with E-state index in [0.717, 1.165) is 5.56 Å². The summed E-state index contributed by atoms with van der Waals surface area (Å²) in [5.41, 5.74) is 2.09. The lowest BCUT2D eigenvalue weighted by atomic mass is 10.2. The number of rotatable bonds is 7. The second kappa shape index (κ2) is 9.13. The van der Waals surface area contributed by atoms with Gasteiger partial charge in [-0.05, 0) is 48.2 Å². The first-order valence-corrected chi connectivity index (χ1v) is 11.3. The van der Waals surface area contributed by atoms with E-state index >= 15 is 0 Å². The van der Waals surface area contributed by atoms with Crippen LogP contribution >= 0.6 is 0 Å². The fourth-order valence-corrected chi connectivity index (χ4v) is 4.54. The normalized spacial score (nSPS) is 15.8. The minimum absolute atomic E-state index is 0.192. The molecule has 0 spiro atoms. The maximum atomic E-state index is 12.3. The Morgan fingerprint density at radius 3 is 2.55 bits per heavy atom. The smallest absolute Gasteiger partial charge is 0.248 e. The summed E-state index contributed by atoms with van der Waals surface area (Å²) >= 11 is 0. The SMILES string of the molecule is CC(C)COc1ccccc1NC(=O)C=Cc1ccc(N2CCCS2(=O)=O)cc1. The second-order valence-electron chi connectivity index (χ2n) is 7.36. The summed E-state index contributed by atoms with van der Waals surface area (Å²) < 4.78 is 31.2. The highest BCUT2D eigenvalue weighted by molar-refractivity contribution is 7.93. The Bertz CT molecular complexity index is 982. The van der Waals surface area contributed by atoms with E-state index in [2.05, 4.69) is 19.2 Å². The van der Waals surface area contributed by atoms with Crippen LogP contribution in [0.4, 0.5) is 11.4 Å².